The van der Waals surface area contributed by atoms with Crippen LogP contribution in [0, 0.1) is 6.92 Å². The highest BCUT2D eigenvalue weighted by molar-refractivity contribution is 6.39. The minimum absolute atomic E-state index is 0.0487. The Morgan fingerprint density at radius 3 is 2.67 bits per heavy atom. The minimum atomic E-state index is -0.740. The number of likely N-dealkylation sites (N-methyl/N-ethyl adjacent to an activating group) is 1. The summed E-state index contributed by atoms with van der Waals surface area (Å²) in [6, 6.07) is 8.22. The first-order chi connectivity index (χ1) is 14.5. The fraction of sp³-hybridized carbons (Fsp3) is 0.500. The first-order valence-corrected chi connectivity index (χ1v) is 10.6. The van der Waals surface area contributed by atoms with Gasteiger partial charge < -0.3 is 14.7 Å². The molecular weight excluding hydrogens is 382 g/mol. The molecule has 2 aliphatic heterocycles. The minimum Gasteiger partial charge on any atom is -0.374 e. The molecule has 3 heterocycles. The largest absolute Gasteiger partial charge is 0.374 e. The fourth-order valence-corrected chi connectivity index (χ4v) is 4.35. The van der Waals surface area contributed by atoms with E-state index in [-0.39, 0.29) is 11.9 Å². The van der Waals surface area contributed by atoms with Crippen LogP contribution >= 0.6 is 0 Å². The molecule has 30 heavy (non-hydrogen) atoms. The number of benzene rings is 1. The summed E-state index contributed by atoms with van der Waals surface area (Å²) in [6.45, 7) is 5.15. The SMILES string of the molecule is Cc1cc(NC(=O)C(=O)NC[C@H](c2ccc3c(c2)CCN3C)N2CCCCC2)no1. The molecule has 0 spiro atoms. The summed E-state index contributed by atoms with van der Waals surface area (Å²) in [4.78, 5) is 29.3. The van der Waals surface area contributed by atoms with Crippen molar-refractivity contribution in [2.75, 3.05) is 43.4 Å². The maximum absolute atomic E-state index is 12.4. The van der Waals surface area contributed by atoms with E-state index >= 15 is 0 Å². The zero-order valence-electron chi connectivity index (χ0n) is 17.6. The quantitative estimate of drug-likeness (QED) is 0.734. The van der Waals surface area contributed by atoms with Gasteiger partial charge in [-0.2, -0.15) is 0 Å². The third-order valence-corrected chi connectivity index (χ3v) is 5.98. The molecule has 0 radical (unpaired) electrons. The van der Waals surface area contributed by atoms with Gasteiger partial charge in [0.2, 0.25) is 0 Å². The lowest BCUT2D eigenvalue weighted by atomic mass is 9.98. The van der Waals surface area contributed by atoms with Crippen LogP contribution in [-0.4, -0.2) is 55.1 Å². The van der Waals surface area contributed by atoms with E-state index < -0.39 is 11.8 Å². The highest BCUT2D eigenvalue weighted by Crippen LogP contribution is 2.32. The lowest BCUT2D eigenvalue weighted by Gasteiger charge is -2.35. The van der Waals surface area contributed by atoms with Crippen molar-refractivity contribution in [3.8, 4) is 0 Å². The third kappa shape index (κ3) is 4.48. The number of hydrogen-bond acceptors (Lipinski definition) is 6. The normalized spacial score (nSPS) is 17.5. The van der Waals surface area contributed by atoms with Crippen molar-refractivity contribution in [3.05, 3.63) is 41.2 Å². The number of piperidine rings is 1. The summed E-state index contributed by atoms with van der Waals surface area (Å²) in [6.07, 6.45) is 4.59. The molecule has 1 atom stereocenters. The number of aryl methyl sites for hydroxylation is 1. The molecule has 8 nitrogen and oxygen atoms in total. The molecule has 2 aliphatic rings. The summed E-state index contributed by atoms with van der Waals surface area (Å²) < 4.78 is 4.92. The Labute approximate surface area is 176 Å². The third-order valence-electron chi connectivity index (χ3n) is 5.98. The molecule has 0 saturated carbocycles. The van der Waals surface area contributed by atoms with Gasteiger partial charge in [0.25, 0.3) is 0 Å². The average molecular weight is 412 g/mol. The van der Waals surface area contributed by atoms with Gasteiger partial charge in [-0.05, 0) is 56.5 Å². The molecule has 1 aromatic carbocycles. The van der Waals surface area contributed by atoms with Crippen molar-refractivity contribution >= 4 is 23.3 Å². The Hall–Kier alpha value is -2.87. The molecule has 0 aliphatic carbocycles. The number of amides is 2. The lowest BCUT2D eigenvalue weighted by Crippen LogP contribution is -2.43. The van der Waals surface area contributed by atoms with Gasteiger partial charge in [0.15, 0.2) is 5.82 Å². The number of likely N-dealkylation sites (tertiary alicyclic amines) is 1. The summed E-state index contributed by atoms with van der Waals surface area (Å²) in [7, 11) is 2.11. The van der Waals surface area contributed by atoms with E-state index in [2.05, 4.69) is 50.8 Å². The standard InChI is InChI=1S/C22H29N5O3/c1-15-12-20(25-30-15)24-22(29)21(28)23-14-19(27-9-4-3-5-10-27)16-6-7-18-17(13-16)8-11-26(18)2/h6-7,12-13,19H,3-5,8-11,14H2,1-2H3,(H,23,28)(H,24,25,29)/t19-/m1/s1. The van der Waals surface area contributed by atoms with Crippen LogP contribution in [0.25, 0.3) is 0 Å². The van der Waals surface area contributed by atoms with Crippen molar-refractivity contribution < 1.29 is 14.1 Å². The molecule has 8 heteroatoms. The van der Waals surface area contributed by atoms with Crippen LogP contribution in [0.5, 0.6) is 0 Å². The van der Waals surface area contributed by atoms with E-state index in [0.717, 1.165) is 38.9 Å². The summed E-state index contributed by atoms with van der Waals surface area (Å²) >= 11 is 0. The van der Waals surface area contributed by atoms with Gasteiger partial charge in [-0.15, -0.1) is 0 Å². The number of fused-ring (bicyclic) bond motifs is 1. The molecule has 0 bridgehead atoms. The highest BCUT2D eigenvalue weighted by atomic mass is 16.5. The van der Waals surface area contributed by atoms with Gasteiger partial charge >= 0.3 is 11.8 Å². The van der Waals surface area contributed by atoms with Crippen LogP contribution in [0.15, 0.2) is 28.8 Å². The second-order valence-corrected chi connectivity index (χ2v) is 8.16. The van der Waals surface area contributed by atoms with Gasteiger partial charge in [-0.25, -0.2) is 0 Å². The van der Waals surface area contributed by atoms with Gasteiger partial charge in [0, 0.05) is 31.9 Å². The summed E-state index contributed by atoms with van der Waals surface area (Å²) in [5.74, 6) is -0.601. The van der Waals surface area contributed by atoms with Gasteiger partial charge in [-0.3, -0.25) is 19.8 Å². The molecule has 1 aromatic heterocycles. The zero-order chi connectivity index (χ0) is 21.1. The summed E-state index contributed by atoms with van der Waals surface area (Å²) in [5, 5.41) is 8.98. The molecule has 4 rings (SSSR count). The number of carbonyl (C=O) groups is 2. The zero-order valence-corrected chi connectivity index (χ0v) is 17.6. The number of nitrogens with zero attached hydrogens (tertiary/aromatic N) is 3. The number of nitrogens with one attached hydrogen (secondary N) is 2. The topological polar surface area (TPSA) is 90.7 Å². The Morgan fingerprint density at radius 2 is 1.93 bits per heavy atom. The van der Waals surface area contributed by atoms with Crippen LogP contribution in [0.1, 0.15) is 42.2 Å². The maximum atomic E-state index is 12.4. The van der Waals surface area contributed by atoms with Crippen molar-refractivity contribution in [2.45, 2.75) is 38.6 Å². The van der Waals surface area contributed by atoms with Crippen LogP contribution in [0.2, 0.25) is 0 Å². The fourth-order valence-electron chi connectivity index (χ4n) is 4.35. The molecule has 160 valence electrons. The second-order valence-electron chi connectivity index (χ2n) is 8.16. The molecule has 1 fully saturated rings. The number of aromatic nitrogens is 1. The van der Waals surface area contributed by atoms with Crippen molar-refractivity contribution in [2.24, 2.45) is 0 Å². The number of carbonyl (C=O) groups excluding carboxylic acids is 2. The van der Waals surface area contributed by atoms with Crippen LogP contribution in [0.3, 0.4) is 0 Å². The lowest BCUT2D eigenvalue weighted by molar-refractivity contribution is -0.136. The molecule has 0 unspecified atom stereocenters. The van der Waals surface area contributed by atoms with Crippen molar-refractivity contribution in [3.63, 3.8) is 0 Å². The Bertz CT molecular complexity index is 919. The van der Waals surface area contributed by atoms with E-state index in [9.17, 15) is 9.59 Å². The first-order valence-electron chi connectivity index (χ1n) is 10.6. The highest BCUT2D eigenvalue weighted by Gasteiger charge is 2.26. The Kier molecular flexibility index (Phi) is 6.03. The first kappa shape index (κ1) is 20.4. The number of anilines is 2. The number of rotatable bonds is 5. The predicted octanol–water partition coefficient (Wildman–Crippen LogP) is 2.26. The van der Waals surface area contributed by atoms with Crippen LogP contribution in [0.4, 0.5) is 11.5 Å². The Morgan fingerprint density at radius 1 is 1.13 bits per heavy atom. The monoisotopic (exact) mass is 411 g/mol. The number of hydrogen-bond donors (Lipinski definition) is 2. The van der Waals surface area contributed by atoms with Crippen LogP contribution < -0.4 is 15.5 Å². The van der Waals surface area contributed by atoms with Gasteiger partial charge in [0.05, 0.1) is 6.04 Å². The van der Waals surface area contributed by atoms with E-state index in [1.54, 1.807) is 13.0 Å². The Balaban J connectivity index is 1.45. The van der Waals surface area contributed by atoms with Crippen molar-refractivity contribution in [1.82, 2.24) is 15.4 Å². The van der Waals surface area contributed by atoms with E-state index in [0.29, 0.717) is 12.3 Å². The smallest absolute Gasteiger partial charge is 0.314 e. The maximum Gasteiger partial charge on any atom is 0.314 e. The van der Waals surface area contributed by atoms with E-state index in [1.165, 1.54) is 23.2 Å². The van der Waals surface area contributed by atoms with E-state index in [1.807, 2.05) is 0 Å². The second kappa shape index (κ2) is 8.87. The predicted molar refractivity (Wildman–Crippen MR) is 114 cm³/mol. The molecular formula is C22H29N5O3. The average Bonchev–Trinajstić information content (AvgIpc) is 3.33. The van der Waals surface area contributed by atoms with Crippen molar-refractivity contribution in [1.29, 1.82) is 0 Å². The summed E-state index contributed by atoms with van der Waals surface area (Å²) in [5.41, 5.74) is 3.82. The van der Waals surface area contributed by atoms with Crippen LogP contribution in [-0.2, 0) is 16.0 Å². The molecule has 2 N–H and O–H groups in total. The molecule has 2 aromatic rings. The molecule has 2 amide bonds. The molecule has 1 saturated heterocycles. The van der Waals surface area contributed by atoms with Gasteiger partial charge in [0.1, 0.15) is 5.76 Å². The van der Waals surface area contributed by atoms with Gasteiger partial charge in [-0.1, -0.05) is 23.7 Å². The van der Waals surface area contributed by atoms with E-state index in [4.69, 9.17) is 4.52 Å².